The number of hydrogen-bond donors (Lipinski definition) is 3. The van der Waals surface area contributed by atoms with E-state index in [-0.39, 0.29) is 67.4 Å². The van der Waals surface area contributed by atoms with Crippen LogP contribution in [-0.4, -0.2) is 75.0 Å². The molecule has 53 heavy (non-hydrogen) atoms. The van der Waals surface area contributed by atoms with Crippen molar-refractivity contribution in [3.63, 3.8) is 0 Å². The maximum Gasteiger partial charge on any atom is 0.269 e. The highest BCUT2D eigenvalue weighted by molar-refractivity contribution is 6.03. The van der Waals surface area contributed by atoms with Crippen molar-refractivity contribution in [1.29, 1.82) is 0 Å². The number of ether oxygens (including phenoxy) is 2. The lowest BCUT2D eigenvalue weighted by atomic mass is 9.55. The van der Waals surface area contributed by atoms with Gasteiger partial charge in [0.1, 0.15) is 24.1 Å². The molecule has 0 unspecified atom stereocenters. The Balaban J connectivity index is 1.53. The maximum atomic E-state index is 14.2. The van der Waals surface area contributed by atoms with Crippen LogP contribution in [-0.2, 0) is 21.0 Å². The molecular weight excluding hydrogens is 678 g/mol. The molecule has 0 spiro atoms. The Morgan fingerprint density at radius 2 is 1.85 bits per heavy atom. The molecule has 6 atom stereocenters. The third-order valence-electron chi connectivity index (χ3n) is 11.3. The van der Waals surface area contributed by atoms with E-state index < -0.39 is 22.7 Å². The standard InChI is InChI=1S/C41H53N3O9/c1-3-19-43(40(48)28-13-14-28)37-25-35(42-52-26-27-11-15-30(16-12-27)44(49)50)33-23-29(9-5-7-20-45)32(10-6-8-21-46)38-34-24-31(47)17-18-36(34)53-41(37,39(33)38)51-22-4-2/h4,11-12,15-18,23-24,28-29,32,37-39,45-47H,2-3,5-10,13-14,19-22,25-26H2,1H3/t29-,32+,37-,38+,39+,41+/m0/s1. The van der Waals surface area contributed by atoms with Gasteiger partial charge in [-0.05, 0) is 98.2 Å². The molecule has 1 aliphatic heterocycles. The summed E-state index contributed by atoms with van der Waals surface area (Å²) in [5.41, 5.74) is 3.17. The Morgan fingerprint density at radius 3 is 2.51 bits per heavy atom. The molecule has 3 N–H and O–H groups in total. The summed E-state index contributed by atoms with van der Waals surface area (Å²) < 4.78 is 14.1. The molecule has 3 aliphatic carbocycles. The third-order valence-corrected chi connectivity index (χ3v) is 11.3. The number of nitro groups is 1. The summed E-state index contributed by atoms with van der Waals surface area (Å²) >= 11 is 0. The molecule has 0 saturated heterocycles. The first-order valence-corrected chi connectivity index (χ1v) is 19.2. The van der Waals surface area contributed by atoms with Gasteiger partial charge in [-0.2, -0.15) is 0 Å². The van der Waals surface area contributed by atoms with Crippen LogP contribution in [0.2, 0.25) is 0 Å². The van der Waals surface area contributed by atoms with Crippen LogP contribution >= 0.6 is 0 Å². The zero-order chi connectivity index (χ0) is 37.5. The van der Waals surface area contributed by atoms with Gasteiger partial charge in [-0.15, -0.1) is 6.58 Å². The number of oxime groups is 1. The number of nitro benzene ring substituents is 1. The smallest absolute Gasteiger partial charge is 0.269 e. The minimum absolute atomic E-state index is 0.00908. The van der Waals surface area contributed by atoms with Gasteiger partial charge in [-0.1, -0.05) is 37.1 Å². The van der Waals surface area contributed by atoms with E-state index in [0.717, 1.165) is 61.6 Å². The number of benzene rings is 2. The van der Waals surface area contributed by atoms with Gasteiger partial charge in [0.25, 0.3) is 5.69 Å². The van der Waals surface area contributed by atoms with E-state index >= 15 is 0 Å². The Labute approximate surface area is 311 Å². The molecule has 0 bridgehead atoms. The number of fused-ring (bicyclic) bond motifs is 2. The number of allylic oxidation sites excluding steroid dienone is 1. The molecule has 2 aromatic carbocycles. The Morgan fingerprint density at radius 1 is 1.11 bits per heavy atom. The van der Waals surface area contributed by atoms with Gasteiger partial charge in [0.2, 0.25) is 11.7 Å². The van der Waals surface area contributed by atoms with Crippen molar-refractivity contribution in [2.45, 2.75) is 95.5 Å². The van der Waals surface area contributed by atoms with E-state index in [1.807, 2.05) is 4.90 Å². The van der Waals surface area contributed by atoms with Gasteiger partial charge >= 0.3 is 0 Å². The van der Waals surface area contributed by atoms with E-state index in [4.69, 9.17) is 19.5 Å². The topological polar surface area (TPSA) is 164 Å². The van der Waals surface area contributed by atoms with Crippen LogP contribution in [0.1, 0.15) is 88.2 Å². The van der Waals surface area contributed by atoms with Crippen LogP contribution in [0.5, 0.6) is 11.5 Å². The second-order valence-corrected chi connectivity index (χ2v) is 14.8. The minimum Gasteiger partial charge on any atom is -0.508 e. The quantitative estimate of drug-likeness (QED) is 0.0611. The number of nitrogens with zero attached hydrogens (tertiary/aromatic N) is 3. The average molecular weight is 732 g/mol. The highest BCUT2D eigenvalue weighted by Crippen LogP contribution is 2.62. The van der Waals surface area contributed by atoms with Crippen molar-refractivity contribution < 1.29 is 39.3 Å². The molecule has 12 nitrogen and oxygen atoms in total. The zero-order valence-corrected chi connectivity index (χ0v) is 30.6. The van der Waals surface area contributed by atoms with Gasteiger partial charge in [0.05, 0.1) is 23.2 Å². The second kappa shape index (κ2) is 17.3. The molecule has 0 aromatic heterocycles. The summed E-state index contributed by atoms with van der Waals surface area (Å²) in [5, 5.41) is 46.4. The van der Waals surface area contributed by atoms with Crippen molar-refractivity contribution in [3.05, 3.63) is 88.0 Å². The van der Waals surface area contributed by atoms with E-state index in [2.05, 4.69) is 19.6 Å². The second-order valence-electron chi connectivity index (χ2n) is 14.8. The fourth-order valence-electron chi connectivity index (χ4n) is 8.78. The van der Waals surface area contributed by atoms with Crippen molar-refractivity contribution in [2.75, 3.05) is 26.4 Å². The highest BCUT2D eigenvalue weighted by Gasteiger charge is 2.65. The number of aliphatic hydroxyl groups is 2. The number of phenolic OH excluding ortho intramolecular Hbond substituents is 1. The Hall–Kier alpha value is -4.26. The predicted molar refractivity (Wildman–Crippen MR) is 199 cm³/mol. The fourth-order valence-corrected chi connectivity index (χ4v) is 8.78. The molecule has 2 fully saturated rings. The number of carbonyl (C=O) groups excluding carboxylic acids is 1. The van der Waals surface area contributed by atoms with Crippen molar-refractivity contribution in [1.82, 2.24) is 4.90 Å². The van der Waals surface area contributed by atoms with Crippen LogP contribution in [0, 0.1) is 33.8 Å². The molecule has 2 saturated carbocycles. The first-order valence-electron chi connectivity index (χ1n) is 19.2. The number of carbonyl (C=O) groups is 1. The number of unbranched alkanes of at least 4 members (excludes halogenated alkanes) is 2. The van der Waals surface area contributed by atoms with Gasteiger partial charge in [-0.3, -0.25) is 14.9 Å². The molecular formula is C41H53N3O9. The van der Waals surface area contributed by atoms with E-state index in [1.165, 1.54) is 12.1 Å². The third kappa shape index (κ3) is 8.14. The number of amides is 1. The fraction of sp³-hybridized carbons (Fsp3) is 0.561. The summed E-state index contributed by atoms with van der Waals surface area (Å²) in [5.74, 6) is -1.10. The summed E-state index contributed by atoms with van der Waals surface area (Å²) in [7, 11) is 0. The highest BCUT2D eigenvalue weighted by atomic mass is 16.7. The molecule has 2 aromatic rings. The van der Waals surface area contributed by atoms with Gasteiger partial charge in [-0.25, -0.2) is 0 Å². The van der Waals surface area contributed by atoms with Crippen molar-refractivity contribution in [3.8, 4) is 11.5 Å². The lowest BCUT2D eigenvalue weighted by Crippen LogP contribution is -2.70. The lowest BCUT2D eigenvalue weighted by molar-refractivity contribution is -0.384. The zero-order valence-electron chi connectivity index (χ0n) is 30.6. The molecule has 1 heterocycles. The Kier molecular flexibility index (Phi) is 12.5. The van der Waals surface area contributed by atoms with E-state index in [9.17, 15) is 30.2 Å². The monoisotopic (exact) mass is 731 g/mol. The van der Waals surface area contributed by atoms with Crippen LogP contribution < -0.4 is 4.74 Å². The summed E-state index contributed by atoms with van der Waals surface area (Å²) in [6.45, 7) is 6.97. The number of non-ortho nitro benzene ring substituents is 1. The molecule has 4 aliphatic rings. The molecule has 1 amide bonds. The molecule has 286 valence electrons. The minimum atomic E-state index is -1.32. The number of aliphatic hydroxyl groups excluding tert-OH is 2. The molecule has 0 radical (unpaired) electrons. The largest absolute Gasteiger partial charge is 0.508 e. The SMILES string of the molecule is C=CCO[C@@]12Oc3ccc(O)cc3[C@H]3[C@H](CCCCO)[C@@H](CCCCO)C=C(C(=NOCc4ccc([N+](=O)[O-])cc4)C[C@@H]1N(CCC)C(=O)C1CC1)[C@H]32. The van der Waals surface area contributed by atoms with Crippen molar-refractivity contribution in [2.24, 2.45) is 28.8 Å². The number of rotatable bonds is 19. The van der Waals surface area contributed by atoms with Crippen LogP contribution in [0.4, 0.5) is 5.69 Å². The maximum absolute atomic E-state index is 14.2. The first-order chi connectivity index (χ1) is 25.8. The van der Waals surface area contributed by atoms with E-state index in [0.29, 0.717) is 37.3 Å². The van der Waals surface area contributed by atoms with Crippen LogP contribution in [0.3, 0.4) is 0 Å². The predicted octanol–water partition coefficient (Wildman–Crippen LogP) is 6.78. The summed E-state index contributed by atoms with van der Waals surface area (Å²) in [6.07, 6.45) is 11.2. The van der Waals surface area contributed by atoms with Crippen molar-refractivity contribution >= 4 is 17.3 Å². The summed E-state index contributed by atoms with van der Waals surface area (Å²) in [6, 6.07) is 10.8. The molecule has 6 rings (SSSR count). The Bertz CT molecular complexity index is 1670. The van der Waals surface area contributed by atoms with Gasteiger partial charge in [0.15, 0.2) is 0 Å². The number of hydrogen-bond acceptors (Lipinski definition) is 10. The summed E-state index contributed by atoms with van der Waals surface area (Å²) in [4.78, 5) is 33.0. The lowest BCUT2D eigenvalue weighted by Gasteiger charge is -2.60. The van der Waals surface area contributed by atoms with Crippen LogP contribution in [0.15, 0.2) is 71.9 Å². The van der Waals surface area contributed by atoms with Gasteiger partial charge < -0.3 is 34.5 Å². The molecule has 12 heteroatoms. The van der Waals surface area contributed by atoms with E-state index in [1.54, 1.807) is 36.4 Å². The van der Waals surface area contributed by atoms with Gasteiger partial charge in [0, 0.05) is 55.7 Å². The average Bonchev–Trinajstić information content (AvgIpc) is 4.01. The first kappa shape index (κ1) is 38.5. The van der Waals surface area contributed by atoms with Crippen LogP contribution in [0.25, 0.3) is 0 Å². The number of phenols is 1. The number of aromatic hydroxyl groups is 1. The normalized spacial score (nSPS) is 26.5.